The van der Waals surface area contributed by atoms with Gasteiger partial charge in [0.25, 0.3) is 5.91 Å². The van der Waals surface area contributed by atoms with E-state index in [4.69, 9.17) is 0 Å². The Morgan fingerprint density at radius 1 is 1.00 bits per heavy atom. The lowest BCUT2D eigenvalue weighted by molar-refractivity contribution is -0.123. The van der Waals surface area contributed by atoms with Crippen molar-refractivity contribution < 1.29 is 14.4 Å². The first-order chi connectivity index (χ1) is 14.4. The Labute approximate surface area is 175 Å². The Kier molecular flexibility index (Phi) is 4.17. The summed E-state index contributed by atoms with van der Waals surface area (Å²) in [6.07, 6.45) is 3.07. The number of benzene rings is 2. The van der Waals surface area contributed by atoms with Gasteiger partial charge in [-0.3, -0.25) is 14.4 Å². The third-order valence-corrected chi connectivity index (χ3v) is 7.10. The maximum atomic E-state index is 13.2. The molecule has 30 heavy (non-hydrogen) atoms. The molecule has 1 N–H and O–H groups in total. The number of nitrogens with one attached hydrogen (secondary N) is 1. The van der Waals surface area contributed by atoms with Gasteiger partial charge in [-0.1, -0.05) is 29.8 Å². The number of allylic oxidation sites excluding steroid dienone is 2. The molecule has 1 heterocycles. The number of anilines is 2. The van der Waals surface area contributed by atoms with Gasteiger partial charge in [-0.25, -0.2) is 4.90 Å². The maximum absolute atomic E-state index is 13.2. The third-order valence-electron chi connectivity index (χ3n) is 7.10. The monoisotopic (exact) mass is 400 g/mol. The van der Waals surface area contributed by atoms with Crippen LogP contribution in [0.2, 0.25) is 0 Å². The standard InChI is InChI=1S/C25H24N2O3/c1-13-6-4-9-20(15(13)3)26-23(28)16-7-5-8-18(11-16)27-24(29)21-17-10-14(2)19(12-17)22(21)25(27)30/h4-11,17,19,21-22H,12H2,1-3H3,(H,26,28)/t17-,19-,21+,22+/m1/s1. The van der Waals surface area contributed by atoms with Crippen LogP contribution in [0.25, 0.3) is 0 Å². The number of fused-ring (bicyclic) bond motifs is 5. The Morgan fingerprint density at radius 2 is 1.73 bits per heavy atom. The lowest BCUT2D eigenvalue weighted by Crippen LogP contribution is -2.33. The summed E-state index contributed by atoms with van der Waals surface area (Å²) < 4.78 is 0. The average Bonchev–Trinajstić information content (AvgIpc) is 3.36. The summed E-state index contributed by atoms with van der Waals surface area (Å²) in [4.78, 5) is 40.4. The highest BCUT2D eigenvalue weighted by atomic mass is 16.2. The molecule has 5 nitrogen and oxygen atoms in total. The number of amides is 3. The van der Waals surface area contributed by atoms with Gasteiger partial charge in [-0.15, -0.1) is 0 Å². The molecule has 1 aliphatic heterocycles. The Morgan fingerprint density at radius 3 is 2.53 bits per heavy atom. The highest BCUT2D eigenvalue weighted by molar-refractivity contribution is 6.23. The van der Waals surface area contributed by atoms with Gasteiger partial charge in [0.15, 0.2) is 0 Å². The van der Waals surface area contributed by atoms with Gasteiger partial charge in [0.1, 0.15) is 0 Å². The molecule has 0 unspecified atom stereocenters. The van der Waals surface area contributed by atoms with Crippen molar-refractivity contribution in [3.8, 4) is 0 Å². The van der Waals surface area contributed by atoms with Gasteiger partial charge in [0.2, 0.25) is 11.8 Å². The first kappa shape index (κ1) is 18.8. The van der Waals surface area contributed by atoms with Gasteiger partial charge < -0.3 is 5.32 Å². The molecule has 1 saturated heterocycles. The first-order valence-electron chi connectivity index (χ1n) is 10.4. The van der Waals surface area contributed by atoms with Crippen LogP contribution in [0.3, 0.4) is 0 Å². The van der Waals surface area contributed by atoms with Crippen LogP contribution in [0.1, 0.15) is 34.8 Å². The predicted octanol–water partition coefficient (Wildman–Crippen LogP) is 4.26. The Bertz CT molecular complexity index is 1130. The minimum Gasteiger partial charge on any atom is -0.322 e. The zero-order valence-electron chi connectivity index (χ0n) is 17.3. The van der Waals surface area contributed by atoms with Crippen molar-refractivity contribution in [1.29, 1.82) is 0 Å². The summed E-state index contributed by atoms with van der Waals surface area (Å²) in [5.41, 5.74) is 4.99. The fourth-order valence-corrected chi connectivity index (χ4v) is 5.40. The largest absolute Gasteiger partial charge is 0.322 e. The normalized spacial score (nSPS) is 26.8. The van der Waals surface area contributed by atoms with E-state index in [0.29, 0.717) is 11.3 Å². The molecule has 3 amide bonds. The van der Waals surface area contributed by atoms with Crippen LogP contribution < -0.4 is 10.2 Å². The predicted molar refractivity (Wildman–Crippen MR) is 115 cm³/mol. The van der Waals surface area contributed by atoms with Crippen molar-refractivity contribution in [1.82, 2.24) is 0 Å². The molecule has 0 radical (unpaired) electrons. The Hall–Kier alpha value is -3.21. The fourth-order valence-electron chi connectivity index (χ4n) is 5.40. The van der Waals surface area contributed by atoms with Crippen LogP contribution in [0.15, 0.2) is 54.1 Å². The topological polar surface area (TPSA) is 66.5 Å². The molecule has 4 atom stereocenters. The first-order valence-corrected chi connectivity index (χ1v) is 10.4. The minimum absolute atomic E-state index is 0.128. The molecule has 0 aromatic heterocycles. The summed E-state index contributed by atoms with van der Waals surface area (Å²) in [5, 5.41) is 2.94. The summed E-state index contributed by atoms with van der Waals surface area (Å²) in [5.74, 6) is -0.680. The molecular formula is C25H24N2O3. The van der Waals surface area contributed by atoms with Gasteiger partial charge in [-0.05, 0) is 74.4 Å². The fraction of sp³-hybridized carbons (Fsp3) is 0.320. The number of carbonyl (C=O) groups excluding carboxylic acids is 3. The van der Waals surface area contributed by atoms with Crippen LogP contribution in [-0.2, 0) is 9.59 Å². The number of rotatable bonds is 3. The summed E-state index contributed by atoms with van der Waals surface area (Å²) >= 11 is 0. The highest BCUT2D eigenvalue weighted by Crippen LogP contribution is 2.55. The zero-order valence-corrected chi connectivity index (χ0v) is 17.3. The van der Waals surface area contributed by atoms with Crippen LogP contribution in [0.4, 0.5) is 11.4 Å². The summed E-state index contributed by atoms with van der Waals surface area (Å²) in [6, 6.07) is 12.6. The van der Waals surface area contributed by atoms with E-state index in [1.54, 1.807) is 24.3 Å². The van der Waals surface area contributed by atoms with Gasteiger partial charge in [0, 0.05) is 11.3 Å². The van der Waals surface area contributed by atoms with Crippen molar-refractivity contribution in [3.63, 3.8) is 0 Å². The molecule has 152 valence electrons. The molecule has 1 saturated carbocycles. The summed E-state index contributed by atoms with van der Waals surface area (Å²) in [6.45, 7) is 6.02. The van der Waals surface area contributed by atoms with Gasteiger partial charge >= 0.3 is 0 Å². The number of nitrogens with zero attached hydrogens (tertiary/aromatic N) is 1. The van der Waals surface area contributed by atoms with E-state index < -0.39 is 0 Å². The highest BCUT2D eigenvalue weighted by Gasteiger charge is 2.60. The third kappa shape index (κ3) is 2.65. The van der Waals surface area contributed by atoms with E-state index >= 15 is 0 Å². The van der Waals surface area contributed by atoms with E-state index in [9.17, 15) is 14.4 Å². The molecular weight excluding hydrogens is 376 g/mol. The van der Waals surface area contributed by atoms with Crippen molar-refractivity contribution in [2.24, 2.45) is 23.7 Å². The van der Waals surface area contributed by atoms with Crippen LogP contribution in [0.5, 0.6) is 0 Å². The molecule has 3 aliphatic rings. The maximum Gasteiger partial charge on any atom is 0.255 e. The van der Waals surface area contributed by atoms with Crippen LogP contribution in [-0.4, -0.2) is 17.7 Å². The van der Waals surface area contributed by atoms with E-state index in [1.807, 2.05) is 32.0 Å². The zero-order chi connectivity index (χ0) is 21.2. The van der Waals surface area contributed by atoms with Gasteiger partial charge in [0.05, 0.1) is 17.5 Å². The second kappa shape index (κ2) is 6.66. The number of imide groups is 1. The van der Waals surface area contributed by atoms with Crippen molar-refractivity contribution in [2.45, 2.75) is 27.2 Å². The quantitative estimate of drug-likeness (QED) is 0.618. The van der Waals surface area contributed by atoms with E-state index in [1.165, 1.54) is 10.5 Å². The molecule has 5 rings (SSSR count). The number of carbonyl (C=O) groups is 3. The van der Waals surface area contributed by atoms with Gasteiger partial charge in [-0.2, -0.15) is 0 Å². The average molecular weight is 400 g/mol. The second-order valence-corrected chi connectivity index (χ2v) is 8.73. The number of hydrogen-bond acceptors (Lipinski definition) is 3. The molecule has 5 heteroatoms. The van der Waals surface area contributed by atoms with E-state index in [-0.39, 0.29) is 41.4 Å². The van der Waals surface area contributed by atoms with Crippen molar-refractivity contribution in [2.75, 3.05) is 10.2 Å². The number of hydrogen-bond donors (Lipinski definition) is 1. The molecule has 0 spiro atoms. The van der Waals surface area contributed by atoms with E-state index in [0.717, 1.165) is 23.2 Å². The molecule has 2 bridgehead atoms. The van der Waals surface area contributed by atoms with E-state index in [2.05, 4.69) is 18.3 Å². The van der Waals surface area contributed by atoms with Crippen molar-refractivity contribution >= 4 is 29.1 Å². The second-order valence-electron chi connectivity index (χ2n) is 8.73. The SMILES string of the molecule is CC1=C[C@@H]2C[C@H]1[C@@H]1C(=O)N(c3cccc(C(=O)Nc4cccc(C)c4C)c3)C(=O)[C@H]12. The van der Waals surface area contributed by atoms with Crippen LogP contribution in [0, 0.1) is 37.5 Å². The number of aryl methyl sites for hydroxylation is 1. The lowest BCUT2D eigenvalue weighted by Gasteiger charge is -2.19. The van der Waals surface area contributed by atoms with Crippen LogP contribution >= 0.6 is 0 Å². The minimum atomic E-state index is -0.262. The Balaban J connectivity index is 1.42. The molecule has 2 fully saturated rings. The summed E-state index contributed by atoms with van der Waals surface area (Å²) in [7, 11) is 0. The molecule has 2 aliphatic carbocycles. The smallest absolute Gasteiger partial charge is 0.255 e. The van der Waals surface area contributed by atoms with Crippen molar-refractivity contribution in [3.05, 3.63) is 70.8 Å². The molecule has 2 aromatic rings. The lowest BCUT2D eigenvalue weighted by atomic mass is 9.82. The molecule has 2 aromatic carbocycles.